The average molecular weight is 655 g/mol. The summed E-state index contributed by atoms with van der Waals surface area (Å²) in [5.74, 6) is -0.163. The lowest BCUT2D eigenvalue weighted by Crippen LogP contribution is -2.36. The number of aryl methyl sites for hydroxylation is 1. The van der Waals surface area contributed by atoms with Crippen LogP contribution in [0.4, 0.5) is 16.2 Å². The quantitative estimate of drug-likeness (QED) is 0.247. The maximum Gasteiger partial charge on any atom is 0.294 e. The van der Waals surface area contributed by atoms with Crippen LogP contribution in [0, 0.1) is 6.92 Å². The van der Waals surface area contributed by atoms with E-state index in [0.717, 1.165) is 22.2 Å². The van der Waals surface area contributed by atoms with Crippen molar-refractivity contribution in [3.05, 3.63) is 81.2 Å². The molecule has 1 aliphatic rings. The number of amides is 4. The van der Waals surface area contributed by atoms with Crippen LogP contribution < -0.4 is 24.8 Å². The summed E-state index contributed by atoms with van der Waals surface area (Å²) in [6.45, 7) is 3.66. The van der Waals surface area contributed by atoms with Crippen LogP contribution in [0.1, 0.15) is 18.1 Å². The van der Waals surface area contributed by atoms with Gasteiger partial charge in [-0.15, -0.1) is 0 Å². The predicted molar refractivity (Wildman–Crippen MR) is 165 cm³/mol. The first kappa shape index (κ1) is 30.7. The molecule has 0 bridgehead atoms. The van der Waals surface area contributed by atoms with E-state index in [9.17, 15) is 19.2 Å². The lowest BCUT2D eigenvalue weighted by molar-refractivity contribution is -0.127. The first-order valence-electron chi connectivity index (χ1n) is 12.8. The number of hydrogen-bond acceptors (Lipinski definition) is 8. The van der Waals surface area contributed by atoms with E-state index >= 15 is 0 Å². The van der Waals surface area contributed by atoms with E-state index in [2.05, 4.69) is 26.6 Å². The Hall–Kier alpha value is -4.29. The summed E-state index contributed by atoms with van der Waals surface area (Å²) in [7, 11) is 1.45. The Balaban J connectivity index is 1.39. The Morgan fingerprint density at radius 1 is 0.929 bits per heavy atom. The summed E-state index contributed by atoms with van der Waals surface area (Å²) < 4.78 is 17.0. The monoisotopic (exact) mass is 653 g/mol. The molecule has 1 aliphatic heterocycles. The maximum absolute atomic E-state index is 13.0. The van der Waals surface area contributed by atoms with Gasteiger partial charge in [0.25, 0.3) is 17.1 Å². The molecule has 12 heteroatoms. The number of nitrogens with one attached hydrogen (secondary N) is 2. The van der Waals surface area contributed by atoms with Crippen molar-refractivity contribution in [3.63, 3.8) is 0 Å². The number of hydrogen-bond donors (Lipinski definition) is 2. The van der Waals surface area contributed by atoms with E-state index in [-0.39, 0.29) is 17.4 Å². The number of thioether (sulfide) groups is 1. The lowest BCUT2D eigenvalue weighted by Gasteiger charge is -2.14. The van der Waals surface area contributed by atoms with Gasteiger partial charge in [-0.05, 0) is 85.8 Å². The highest BCUT2D eigenvalue weighted by Gasteiger charge is 2.36. The Bertz CT molecular complexity index is 1530. The number of methoxy groups -OCH3 is 1. The fourth-order valence-corrected chi connectivity index (χ4v) is 5.10. The molecule has 0 radical (unpaired) electrons. The predicted octanol–water partition coefficient (Wildman–Crippen LogP) is 5.86. The van der Waals surface area contributed by atoms with E-state index in [0.29, 0.717) is 45.3 Å². The molecule has 0 aliphatic carbocycles. The van der Waals surface area contributed by atoms with Crippen LogP contribution in [0.3, 0.4) is 0 Å². The largest absolute Gasteiger partial charge is 0.494 e. The molecule has 0 unspecified atom stereocenters. The number of anilines is 2. The molecule has 0 atom stereocenters. The summed E-state index contributed by atoms with van der Waals surface area (Å²) in [5, 5.41) is 4.88. The Labute approximate surface area is 255 Å². The number of ether oxygens (including phenoxy) is 3. The minimum Gasteiger partial charge on any atom is -0.494 e. The molecule has 1 fully saturated rings. The van der Waals surface area contributed by atoms with Gasteiger partial charge >= 0.3 is 0 Å². The van der Waals surface area contributed by atoms with Gasteiger partial charge in [0.1, 0.15) is 12.3 Å². The zero-order valence-corrected chi connectivity index (χ0v) is 25.5. The molecule has 3 aromatic carbocycles. The Kier molecular flexibility index (Phi) is 10.3. The first-order chi connectivity index (χ1) is 20.2. The van der Waals surface area contributed by atoms with Crippen molar-refractivity contribution in [1.29, 1.82) is 0 Å². The third-order valence-corrected chi connectivity index (χ3v) is 7.48. The van der Waals surface area contributed by atoms with Crippen LogP contribution in [0.15, 0.2) is 70.0 Å². The second-order valence-electron chi connectivity index (χ2n) is 9.00. The molecular formula is C30H28BrN3O7S. The fourth-order valence-electron chi connectivity index (χ4n) is 3.83. The summed E-state index contributed by atoms with van der Waals surface area (Å²) in [5.41, 5.74) is 2.78. The highest BCUT2D eigenvalue weighted by atomic mass is 79.9. The average Bonchev–Trinajstić information content (AvgIpc) is 3.22. The molecule has 1 saturated heterocycles. The van der Waals surface area contributed by atoms with Gasteiger partial charge in [-0.3, -0.25) is 24.1 Å². The highest BCUT2D eigenvalue weighted by Crippen LogP contribution is 2.38. The van der Waals surface area contributed by atoms with Crippen LogP contribution in [-0.2, 0) is 14.4 Å². The normalized spacial score (nSPS) is 13.7. The van der Waals surface area contributed by atoms with E-state index in [4.69, 9.17) is 14.2 Å². The highest BCUT2D eigenvalue weighted by molar-refractivity contribution is 9.10. The number of imide groups is 1. The van der Waals surface area contributed by atoms with Crippen LogP contribution >= 0.6 is 27.7 Å². The molecule has 218 valence electrons. The van der Waals surface area contributed by atoms with E-state index in [1.807, 2.05) is 26.0 Å². The third kappa shape index (κ3) is 7.92. The second-order valence-corrected chi connectivity index (χ2v) is 10.8. The standard InChI is InChI=1S/C30H28BrN3O7S/c1-4-40-22-11-9-21(10-12-22)32-27(35)16-34-29(37)26(42-30(34)38)14-19-13-24(39-3)25(15-23(19)31)41-17-28(36)33-20-7-5-18(2)6-8-20/h5-15H,4,16-17H2,1-3H3,(H,32,35)(H,33,36)/b26-14+. The van der Waals surface area contributed by atoms with Crippen molar-refractivity contribution in [2.24, 2.45) is 0 Å². The van der Waals surface area contributed by atoms with Gasteiger partial charge in [-0.1, -0.05) is 33.6 Å². The van der Waals surface area contributed by atoms with Gasteiger partial charge in [0.2, 0.25) is 5.91 Å². The van der Waals surface area contributed by atoms with Crippen LogP contribution in [-0.4, -0.2) is 54.7 Å². The lowest BCUT2D eigenvalue weighted by atomic mass is 10.2. The Morgan fingerprint density at radius 3 is 2.21 bits per heavy atom. The molecule has 42 heavy (non-hydrogen) atoms. The number of benzene rings is 3. The molecule has 0 aromatic heterocycles. The van der Waals surface area contributed by atoms with Crippen molar-refractivity contribution in [2.45, 2.75) is 13.8 Å². The summed E-state index contributed by atoms with van der Waals surface area (Å²) in [6, 6.07) is 17.4. The molecular weight excluding hydrogens is 626 g/mol. The Morgan fingerprint density at radius 2 is 1.57 bits per heavy atom. The van der Waals surface area contributed by atoms with Crippen LogP contribution in [0.2, 0.25) is 0 Å². The zero-order chi connectivity index (χ0) is 30.2. The van der Waals surface area contributed by atoms with E-state index in [1.165, 1.54) is 13.2 Å². The number of carbonyl (C=O) groups excluding carboxylic acids is 4. The number of carbonyl (C=O) groups is 4. The third-order valence-electron chi connectivity index (χ3n) is 5.89. The maximum atomic E-state index is 13.0. The van der Waals surface area contributed by atoms with Crippen LogP contribution in [0.25, 0.3) is 6.08 Å². The summed E-state index contributed by atoms with van der Waals surface area (Å²) in [6.07, 6.45) is 1.52. The number of nitrogens with zero attached hydrogens (tertiary/aromatic N) is 1. The van der Waals surface area contributed by atoms with Gasteiger partial charge in [0, 0.05) is 15.8 Å². The summed E-state index contributed by atoms with van der Waals surface area (Å²) >= 11 is 4.19. The molecule has 2 N–H and O–H groups in total. The van der Waals surface area contributed by atoms with Gasteiger partial charge < -0.3 is 24.8 Å². The van der Waals surface area contributed by atoms with E-state index in [1.54, 1.807) is 48.5 Å². The fraction of sp³-hybridized carbons (Fsp3) is 0.200. The molecule has 1 heterocycles. The molecule has 4 amide bonds. The van der Waals surface area contributed by atoms with Crippen molar-refractivity contribution >= 4 is 68.1 Å². The number of halogens is 1. The van der Waals surface area contributed by atoms with Gasteiger partial charge in [-0.25, -0.2) is 0 Å². The summed E-state index contributed by atoms with van der Waals surface area (Å²) in [4.78, 5) is 51.5. The first-order valence-corrected chi connectivity index (χ1v) is 14.4. The smallest absolute Gasteiger partial charge is 0.294 e. The van der Waals surface area contributed by atoms with Crippen molar-refractivity contribution in [1.82, 2.24) is 4.90 Å². The van der Waals surface area contributed by atoms with Gasteiger partial charge in [0.15, 0.2) is 18.1 Å². The van der Waals surface area contributed by atoms with Gasteiger partial charge in [-0.2, -0.15) is 0 Å². The number of rotatable bonds is 11. The minimum absolute atomic E-state index is 0.141. The molecule has 0 saturated carbocycles. The van der Waals surface area contributed by atoms with Crippen LogP contribution in [0.5, 0.6) is 17.2 Å². The topological polar surface area (TPSA) is 123 Å². The molecule has 0 spiro atoms. The molecule has 3 aromatic rings. The van der Waals surface area contributed by atoms with Crippen molar-refractivity contribution in [2.75, 3.05) is 37.5 Å². The zero-order valence-electron chi connectivity index (χ0n) is 23.1. The van der Waals surface area contributed by atoms with Crippen molar-refractivity contribution < 1.29 is 33.4 Å². The second kappa shape index (κ2) is 14.1. The van der Waals surface area contributed by atoms with Gasteiger partial charge in [0.05, 0.1) is 18.6 Å². The minimum atomic E-state index is -0.592. The SMILES string of the molecule is CCOc1ccc(NC(=O)CN2C(=O)S/C(=C/c3cc(OC)c(OCC(=O)Nc4ccc(C)cc4)cc3Br)C2=O)cc1. The molecule has 4 rings (SSSR count). The van der Waals surface area contributed by atoms with Crippen molar-refractivity contribution in [3.8, 4) is 17.2 Å². The molecule has 10 nitrogen and oxygen atoms in total. The van der Waals surface area contributed by atoms with E-state index < -0.39 is 23.6 Å².